The fourth-order valence-corrected chi connectivity index (χ4v) is 3.36. The molecule has 0 aromatic carbocycles. The van der Waals surface area contributed by atoms with E-state index in [1.807, 2.05) is 0 Å². The normalized spacial score (nSPS) is 22.1. The largest absolute Gasteiger partial charge is 0.480 e. The molecule has 0 aliphatic heterocycles. The summed E-state index contributed by atoms with van der Waals surface area (Å²) in [5, 5.41) is 11.7. The number of nitrogens with one attached hydrogen (secondary N) is 1. The molecule has 6 heteroatoms. The molecule has 1 fully saturated rings. The number of nitrogens with two attached hydrogens (primary N) is 1. The van der Waals surface area contributed by atoms with Crippen LogP contribution in [0.2, 0.25) is 0 Å². The van der Waals surface area contributed by atoms with Gasteiger partial charge in [0, 0.05) is 12.3 Å². The zero-order valence-corrected chi connectivity index (χ0v) is 14.9. The van der Waals surface area contributed by atoms with Crippen molar-refractivity contribution in [2.45, 2.75) is 77.7 Å². The maximum Gasteiger partial charge on any atom is 0.326 e. The van der Waals surface area contributed by atoms with Crippen LogP contribution in [0.25, 0.3) is 0 Å². The molecular formula is C18H32N2O4. The minimum absolute atomic E-state index is 0.0418. The number of carboxylic acid groups (broad SMARTS) is 1. The van der Waals surface area contributed by atoms with Gasteiger partial charge in [-0.3, -0.25) is 9.59 Å². The third-order valence-electron chi connectivity index (χ3n) is 4.91. The smallest absolute Gasteiger partial charge is 0.326 e. The van der Waals surface area contributed by atoms with Crippen LogP contribution >= 0.6 is 0 Å². The number of carboxylic acids is 1. The monoisotopic (exact) mass is 340 g/mol. The third-order valence-corrected chi connectivity index (χ3v) is 4.91. The lowest BCUT2D eigenvalue weighted by atomic mass is 9.79. The van der Waals surface area contributed by atoms with Crippen LogP contribution in [0.3, 0.4) is 0 Å². The van der Waals surface area contributed by atoms with Crippen molar-refractivity contribution in [1.82, 2.24) is 5.32 Å². The van der Waals surface area contributed by atoms with Gasteiger partial charge < -0.3 is 16.2 Å². The van der Waals surface area contributed by atoms with Crippen LogP contribution in [-0.4, -0.2) is 28.9 Å². The molecule has 1 rings (SSSR count). The van der Waals surface area contributed by atoms with Gasteiger partial charge in [-0.15, -0.1) is 0 Å². The van der Waals surface area contributed by atoms with Gasteiger partial charge in [0.1, 0.15) is 6.04 Å². The molecule has 0 spiro atoms. The minimum Gasteiger partial charge on any atom is -0.480 e. The van der Waals surface area contributed by atoms with Crippen LogP contribution in [0.4, 0.5) is 0 Å². The predicted molar refractivity (Wildman–Crippen MR) is 92.1 cm³/mol. The highest BCUT2D eigenvalue weighted by atomic mass is 16.4. The lowest BCUT2D eigenvalue weighted by Gasteiger charge is -2.28. The summed E-state index contributed by atoms with van der Waals surface area (Å²) in [4.78, 5) is 34.3. The van der Waals surface area contributed by atoms with Crippen LogP contribution in [0.1, 0.15) is 71.6 Å². The van der Waals surface area contributed by atoms with Crippen molar-refractivity contribution in [3.05, 3.63) is 0 Å². The molecule has 0 aromatic heterocycles. The first-order valence-corrected chi connectivity index (χ1v) is 9.11. The summed E-state index contributed by atoms with van der Waals surface area (Å²) >= 11 is 0. The fourth-order valence-electron chi connectivity index (χ4n) is 3.36. The van der Waals surface area contributed by atoms with Gasteiger partial charge in [0.25, 0.3) is 0 Å². The fraction of sp³-hybridized carbons (Fsp3) is 0.833. The molecule has 24 heavy (non-hydrogen) atoms. The number of carbonyl (C=O) groups excluding carboxylic acids is 2. The van der Waals surface area contributed by atoms with E-state index in [4.69, 9.17) is 10.8 Å². The first-order valence-electron chi connectivity index (χ1n) is 9.11. The molecule has 0 heterocycles. The van der Waals surface area contributed by atoms with E-state index in [1.54, 1.807) is 0 Å². The Morgan fingerprint density at radius 1 is 1.12 bits per heavy atom. The van der Waals surface area contributed by atoms with E-state index in [1.165, 1.54) is 19.3 Å². The van der Waals surface area contributed by atoms with Gasteiger partial charge in [0.2, 0.25) is 11.8 Å². The van der Waals surface area contributed by atoms with E-state index in [0.717, 1.165) is 31.6 Å². The van der Waals surface area contributed by atoms with Crippen LogP contribution in [0, 0.1) is 17.8 Å². The highest BCUT2D eigenvalue weighted by Crippen LogP contribution is 2.32. The van der Waals surface area contributed by atoms with Crippen molar-refractivity contribution in [1.29, 1.82) is 0 Å². The van der Waals surface area contributed by atoms with Crippen molar-refractivity contribution in [3.8, 4) is 0 Å². The summed E-state index contributed by atoms with van der Waals surface area (Å²) < 4.78 is 0. The molecule has 6 nitrogen and oxygen atoms in total. The summed E-state index contributed by atoms with van der Waals surface area (Å²) in [6.45, 7) is 4.47. The van der Waals surface area contributed by atoms with Crippen molar-refractivity contribution < 1.29 is 19.5 Å². The molecule has 1 unspecified atom stereocenters. The Balaban J connectivity index is 2.35. The van der Waals surface area contributed by atoms with Crippen molar-refractivity contribution in [2.24, 2.45) is 23.5 Å². The molecule has 1 aliphatic carbocycles. The Kier molecular flexibility index (Phi) is 8.79. The highest BCUT2D eigenvalue weighted by Gasteiger charge is 2.29. The molecule has 138 valence electrons. The maximum absolute atomic E-state index is 12.3. The summed E-state index contributed by atoms with van der Waals surface area (Å²) in [6, 6.07) is -1.03. The standard InChI is InChI=1S/C18H32N2O4/c1-12(2)4-3-5-13-6-8-14(9-7-13)17(22)20-15(18(23)24)10-11-16(19)21/h12-15H,3-11H2,1-2H3,(H2,19,21)(H,20,22)(H,23,24). The average molecular weight is 340 g/mol. The van der Waals surface area contributed by atoms with E-state index in [-0.39, 0.29) is 24.7 Å². The summed E-state index contributed by atoms with van der Waals surface area (Å²) in [5.74, 6) is -0.558. The van der Waals surface area contributed by atoms with Gasteiger partial charge in [-0.25, -0.2) is 4.79 Å². The van der Waals surface area contributed by atoms with Crippen molar-refractivity contribution >= 4 is 17.8 Å². The molecule has 1 atom stereocenters. The molecule has 0 saturated heterocycles. The van der Waals surface area contributed by atoms with E-state index in [9.17, 15) is 14.4 Å². The number of hydrogen-bond acceptors (Lipinski definition) is 3. The number of carbonyl (C=O) groups is 3. The molecule has 2 amide bonds. The van der Waals surface area contributed by atoms with E-state index in [0.29, 0.717) is 5.92 Å². The first-order chi connectivity index (χ1) is 11.3. The number of aliphatic carboxylic acids is 1. The van der Waals surface area contributed by atoms with E-state index >= 15 is 0 Å². The predicted octanol–water partition coefficient (Wildman–Crippen LogP) is 2.45. The van der Waals surface area contributed by atoms with Gasteiger partial charge in [-0.1, -0.05) is 33.1 Å². The number of hydrogen-bond donors (Lipinski definition) is 3. The summed E-state index contributed by atoms with van der Waals surface area (Å²) in [6.07, 6.45) is 7.43. The molecule has 0 aromatic rings. The lowest BCUT2D eigenvalue weighted by Crippen LogP contribution is -2.44. The molecule has 1 aliphatic rings. The van der Waals surface area contributed by atoms with E-state index in [2.05, 4.69) is 19.2 Å². The molecule has 1 saturated carbocycles. The first kappa shape index (κ1) is 20.5. The average Bonchev–Trinajstić information content (AvgIpc) is 2.51. The maximum atomic E-state index is 12.3. The van der Waals surface area contributed by atoms with Gasteiger partial charge in [0.05, 0.1) is 0 Å². The van der Waals surface area contributed by atoms with Gasteiger partial charge in [-0.05, 0) is 43.9 Å². The summed E-state index contributed by atoms with van der Waals surface area (Å²) in [5.41, 5.74) is 5.04. The highest BCUT2D eigenvalue weighted by molar-refractivity contribution is 5.85. The second-order valence-electron chi connectivity index (χ2n) is 7.45. The van der Waals surface area contributed by atoms with Crippen LogP contribution in [-0.2, 0) is 14.4 Å². The quantitative estimate of drug-likeness (QED) is 0.567. The van der Waals surface area contributed by atoms with Crippen LogP contribution < -0.4 is 11.1 Å². The molecular weight excluding hydrogens is 308 g/mol. The van der Waals surface area contributed by atoms with Crippen LogP contribution in [0.15, 0.2) is 0 Å². The number of rotatable bonds is 10. The number of amides is 2. The van der Waals surface area contributed by atoms with Gasteiger partial charge in [0.15, 0.2) is 0 Å². The van der Waals surface area contributed by atoms with Crippen molar-refractivity contribution in [2.75, 3.05) is 0 Å². The van der Waals surface area contributed by atoms with Crippen LogP contribution in [0.5, 0.6) is 0 Å². The Hall–Kier alpha value is -1.59. The zero-order chi connectivity index (χ0) is 18.1. The second-order valence-corrected chi connectivity index (χ2v) is 7.45. The Morgan fingerprint density at radius 3 is 2.25 bits per heavy atom. The van der Waals surface area contributed by atoms with E-state index < -0.39 is 17.9 Å². The zero-order valence-electron chi connectivity index (χ0n) is 14.9. The van der Waals surface area contributed by atoms with Gasteiger partial charge >= 0.3 is 5.97 Å². The SMILES string of the molecule is CC(C)CCCC1CCC(C(=O)NC(CCC(N)=O)C(=O)O)CC1. The third kappa shape index (κ3) is 7.79. The Labute approximate surface area is 144 Å². The topological polar surface area (TPSA) is 109 Å². The van der Waals surface area contributed by atoms with Gasteiger partial charge in [-0.2, -0.15) is 0 Å². The molecule has 4 N–H and O–H groups in total. The number of primary amides is 1. The van der Waals surface area contributed by atoms with Crippen molar-refractivity contribution in [3.63, 3.8) is 0 Å². The molecule has 0 bridgehead atoms. The summed E-state index contributed by atoms with van der Waals surface area (Å²) in [7, 11) is 0. The molecule has 0 radical (unpaired) electrons. The lowest BCUT2D eigenvalue weighted by molar-refractivity contribution is -0.143. The second kappa shape index (κ2) is 10.3. The minimum atomic E-state index is -1.12. The Morgan fingerprint density at radius 2 is 1.75 bits per heavy atom. The Bertz CT molecular complexity index is 429.